The Hall–Kier alpha value is -2.40. The molecule has 2 heterocycles. The lowest BCUT2D eigenvalue weighted by Gasteiger charge is -2.31. The van der Waals surface area contributed by atoms with Gasteiger partial charge in [0.25, 0.3) is 0 Å². The highest BCUT2D eigenvalue weighted by atomic mass is 16.2. The summed E-state index contributed by atoms with van der Waals surface area (Å²) in [7, 11) is 0. The number of amides is 1. The molecule has 3 N–H and O–H groups in total. The van der Waals surface area contributed by atoms with Crippen LogP contribution in [-0.2, 0) is 24.3 Å². The SMILES string of the molecule is C[C@@H](N)C(=O)NCc1cccnc1N1CCc2ccccc2C1. The van der Waals surface area contributed by atoms with E-state index in [1.165, 1.54) is 11.1 Å². The summed E-state index contributed by atoms with van der Waals surface area (Å²) in [5.74, 6) is 0.788. The topological polar surface area (TPSA) is 71.2 Å². The minimum Gasteiger partial charge on any atom is -0.352 e. The molecule has 1 aliphatic rings. The minimum atomic E-state index is -0.503. The highest BCUT2D eigenvalue weighted by Crippen LogP contribution is 2.25. The van der Waals surface area contributed by atoms with Crippen LogP contribution in [0.4, 0.5) is 5.82 Å². The molecule has 0 fully saturated rings. The highest BCUT2D eigenvalue weighted by Gasteiger charge is 2.19. The molecule has 0 bridgehead atoms. The molecule has 1 aliphatic heterocycles. The van der Waals surface area contributed by atoms with Crippen molar-refractivity contribution >= 4 is 11.7 Å². The van der Waals surface area contributed by atoms with E-state index in [-0.39, 0.29) is 5.91 Å². The van der Waals surface area contributed by atoms with Gasteiger partial charge in [-0.05, 0) is 30.5 Å². The third-order valence-corrected chi connectivity index (χ3v) is 4.16. The molecule has 0 saturated carbocycles. The molecule has 0 radical (unpaired) electrons. The van der Waals surface area contributed by atoms with Crippen LogP contribution in [0, 0.1) is 0 Å². The van der Waals surface area contributed by atoms with Crippen LogP contribution in [-0.4, -0.2) is 23.5 Å². The second-order valence-corrected chi connectivity index (χ2v) is 5.93. The summed E-state index contributed by atoms with van der Waals surface area (Å²) < 4.78 is 0. The Morgan fingerprint density at radius 3 is 2.87 bits per heavy atom. The van der Waals surface area contributed by atoms with Gasteiger partial charge in [0, 0.05) is 31.4 Å². The number of nitrogens with one attached hydrogen (secondary N) is 1. The molecule has 5 nitrogen and oxygen atoms in total. The van der Waals surface area contributed by atoms with E-state index in [0.717, 1.165) is 30.9 Å². The first-order chi connectivity index (χ1) is 11.1. The number of nitrogens with zero attached hydrogens (tertiary/aromatic N) is 2. The summed E-state index contributed by atoms with van der Waals surface area (Å²) in [6.07, 6.45) is 2.81. The van der Waals surface area contributed by atoms with Crippen molar-refractivity contribution in [3.05, 3.63) is 59.3 Å². The van der Waals surface area contributed by atoms with Gasteiger partial charge < -0.3 is 16.0 Å². The Morgan fingerprint density at radius 2 is 2.09 bits per heavy atom. The van der Waals surface area contributed by atoms with E-state index >= 15 is 0 Å². The van der Waals surface area contributed by atoms with Crippen LogP contribution in [0.5, 0.6) is 0 Å². The monoisotopic (exact) mass is 310 g/mol. The van der Waals surface area contributed by atoms with Crippen LogP contribution < -0.4 is 16.0 Å². The van der Waals surface area contributed by atoms with E-state index < -0.39 is 6.04 Å². The highest BCUT2D eigenvalue weighted by molar-refractivity contribution is 5.81. The maximum atomic E-state index is 11.7. The molecule has 0 spiro atoms. The summed E-state index contributed by atoms with van der Waals surface area (Å²) in [4.78, 5) is 18.5. The van der Waals surface area contributed by atoms with Gasteiger partial charge in [-0.2, -0.15) is 0 Å². The van der Waals surface area contributed by atoms with Crippen molar-refractivity contribution in [2.45, 2.75) is 32.5 Å². The molecule has 5 heteroatoms. The summed E-state index contributed by atoms with van der Waals surface area (Å²) in [6, 6.07) is 11.9. The van der Waals surface area contributed by atoms with Gasteiger partial charge in [-0.3, -0.25) is 4.79 Å². The quantitative estimate of drug-likeness (QED) is 0.900. The Kier molecular flexibility index (Phi) is 4.57. The first kappa shape index (κ1) is 15.5. The standard InChI is InChI=1S/C18H22N4O/c1-13(19)18(23)21-11-15-7-4-9-20-17(15)22-10-8-14-5-2-3-6-16(14)12-22/h2-7,9,13H,8,10-12,19H2,1H3,(H,21,23)/t13-/m1/s1. The molecular weight excluding hydrogens is 288 g/mol. The van der Waals surface area contributed by atoms with Crippen molar-refractivity contribution in [2.75, 3.05) is 11.4 Å². The van der Waals surface area contributed by atoms with Crippen molar-refractivity contribution < 1.29 is 4.79 Å². The van der Waals surface area contributed by atoms with Gasteiger partial charge in [0.2, 0.25) is 5.91 Å². The summed E-state index contributed by atoms with van der Waals surface area (Å²) in [6.45, 7) is 3.91. The Labute approximate surface area is 136 Å². The lowest BCUT2D eigenvalue weighted by atomic mass is 9.99. The molecule has 120 valence electrons. The van der Waals surface area contributed by atoms with E-state index in [0.29, 0.717) is 6.54 Å². The number of hydrogen-bond acceptors (Lipinski definition) is 4. The van der Waals surface area contributed by atoms with Crippen LogP contribution in [0.3, 0.4) is 0 Å². The Bertz CT molecular complexity index is 699. The van der Waals surface area contributed by atoms with E-state index in [4.69, 9.17) is 5.73 Å². The number of nitrogens with two attached hydrogens (primary N) is 1. The van der Waals surface area contributed by atoms with Crippen molar-refractivity contribution in [3.63, 3.8) is 0 Å². The van der Waals surface area contributed by atoms with Crippen molar-refractivity contribution in [2.24, 2.45) is 5.73 Å². The van der Waals surface area contributed by atoms with Gasteiger partial charge in [-0.25, -0.2) is 4.98 Å². The average Bonchev–Trinajstić information content (AvgIpc) is 2.59. The minimum absolute atomic E-state index is 0.149. The second kappa shape index (κ2) is 6.79. The van der Waals surface area contributed by atoms with Crippen LogP contribution in [0.25, 0.3) is 0 Å². The maximum absolute atomic E-state index is 11.7. The van der Waals surface area contributed by atoms with E-state index in [2.05, 4.69) is 39.5 Å². The van der Waals surface area contributed by atoms with Crippen molar-refractivity contribution in [1.82, 2.24) is 10.3 Å². The second-order valence-electron chi connectivity index (χ2n) is 5.93. The number of fused-ring (bicyclic) bond motifs is 1. The molecule has 1 atom stereocenters. The predicted molar refractivity (Wildman–Crippen MR) is 90.9 cm³/mol. The third-order valence-electron chi connectivity index (χ3n) is 4.16. The number of carbonyl (C=O) groups is 1. The third kappa shape index (κ3) is 3.51. The molecule has 0 unspecified atom stereocenters. The molecule has 0 saturated heterocycles. The largest absolute Gasteiger partial charge is 0.352 e. The first-order valence-corrected chi connectivity index (χ1v) is 7.94. The number of benzene rings is 1. The van der Waals surface area contributed by atoms with Gasteiger partial charge >= 0.3 is 0 Å². The van der Waals surface area contributed by atoms with Gasteiger partial charge in [0.15, 0.2) is 0 Å². The Balaban J connectivity index is 1.77. The van der Waals surface area contributed by atoms with E-state index in [9.17, 15) is 4.79 Å². The van der Waals surface area contributed by atoms with Gasteiger partial charge in [0.1, 0.15) is 5.82 Å². The number of hydrogen-bond donors (Lipinski definition) is 2. The van der Waals surface area contributed by atoms with Gasteiger partial charge in [-0.15, -0.1) is 0 Å². The zero-order chi connectivity index (χ0) is 16.2. The lowest BCUT2D eigenvalue weighted by molar-refractivity contribution is -0.122. The van der Waals surface area contributed by atoms with Crippen molar-refractivity contribution in [1.29, 1.82) is 0 Å². The summed E-state index contributed by atoms with van der Waals surface area (Å²) in [5, 5.41) is 2.87. The van der Waals surface area contributed by atoms with Gasteiger partial charge in [-0.1, -0.05) is 30.3 Å². The maximum Gasteiger partial charge on any atom is 0.236 e. The molecule has 1 aromatic heterocycles. The lowest BCUT2D eigenvalue weighted by Crippen LogP contribution is -2.38. The number of rotatable bonds is 4. The zero-order valence-corrected chi connectivity index (χ0v) is 13.3. The zero-order valence-electron chi connectivity index (χ0n) is 13.3. The molecule has 2 aromatic rings. The fourth-order valence-electron chi connectivity index (χ4n) is 2.87. The van der Waals surface area contributed by atoms with Crippen molar-refractivity contribution in [3.8, 4) is 0 Å². The molecule has 1 amide bonds. The number of carbonyl (C=O) groups excluding carboxylic acids is 1. The predicted octanol–water partition coefficient (Wildman–Crippen LogP) is 1.61. The smallest absolute Gasteiger partial charge is 0.236 e. The fraction of sp³-hybridized carbons (Fsp3) is 0.333. The molecule has 0 aliphatic carbocycles. The number of anilines is 1. The molecule has 3 rings (SSSR count). The van der Waals surface area contributed by atoms with E-state index in [1.54, 1.807) is 13.1 Å². The van der Waals surface area contributed by atoms with Crippen LogP contribution in [0.1, 0.15) is 23.6 Å². The van der Waals surface area contributed by atoms with Gasteiger partial charge in [0.05, 0.1) is 6.04 Å². The molecular formula is C18H22N4O. The van der Waals surface area contributed by atoms with Crippen LogP contribution >= 0.6 is 0 Å². The number of aromatic nitrogens is 1. The summed E-state index contributed by atoms with van der Waals surface area (Å²) >= 11 is 0. The average molecular weight is 310 g/mol. The molecule has 1 aromatic carbocycles. The molecule has 23 heavy (non-hydrogen) atoms. The van der Waals surface area contributed by atoms with Crippen LogP contribution in [0.15, 0.2) is 42.6 Å². The fourth-order valence-corrected chi connectivity index (χ4v) is 2.87. The summed E-state index contributed by atoms with van der Waals surface area (Å²) in [5.41, 5.74) is 9.36. The normalized spacial score (nSPS) is 15.0. The Morgan fingerprint density at radius 1 is 1.30 bits per heavy atom. The van der Waals surface area contributed by atoms with Crippen LogP contribution in [0.2, 0.25) is 0 Å². The van der Waals surface area contributed by atoms with E-state index in [1.807, 2.05) is 12.1 Å². The first-order valence-electron chi connectivity index (χ1n) is 7.94. The number of pyridine rings is 1.